The highest BCUT2D eigenvalue weighted by Crippen LogP contribution is 2.31. The van der Waals surface area contributed by atoms with Crippen LogP contribution in [0.15, 0.2) is 24.3 Å². The zero-order chi connectivity index (χ0) is 13.0. The fourth-order valence-corrected chi connectivity index (χ4v) is 3.64. The Morgan fingerprint density at radius 3 is 2.61 bits per heavy atom. The first-order valence-corrected chi connectivity index (χ1v) is 8.36. The summed E-state index contributed by atoms with van der Waals surface area (Å²) in [5.74, 6) is 0. The standard InChI is InChI=1S/C14H15BrClNS/c1-2-3-4-13-12(9-15)17-14(18-13)10-5-7-11(16)8-6-10/h5-8H,2-4,9H2,1H3. The van der Waals surface area contributed by atoms with E-state index in [9.17, 15) is 0 Å². The number of halogens is 2. The van der Waals surface area contributed by atoms with Gasteiger partial charge in [-0.05, 0) is 25.0 Å². The summed E-state index contributed by atoms with van der Waals surface area (Å²) in [6.45, 7) is 2.22. The molecule has 2 aromatic rings. The molecule has 0 amide bonds. The van der Waals surface area contributed by atoms with Gasteiger partial charge in [-0.15, -0.1) is 11.3 Å². The van der Waals surface area contributed by atoms with Crippen LogP contribution >= 0.6 is 38.9 Å². The second kappa shape index (κ2) is 6.69. The van der Waals surface area contributed by atoms with E-state index in [1.165, 1.54) is 23.4 Å². The van der Waals surface area contributed by atoms with Crippen LogP contribution in [0.3, 0.4) is 0 Å². The number of alkyl halides is 1. The molecule has 18 heavy (non-hydrogen) atoms. The van der Waals surface area contributed by atoms with Crippen LogP contribution in [0.1, 0.15) is 30.3 Å². The molecular formula is C14H15BrClNS. The van der Waals surface area contributed by atoms with E-state index in [1.807, 2.05) is 24.3 Å². The number of aryl methyl sites for hydroxylation is 1. The average molecular weight is 345 g/mol. The molecular weight excluding hydrogens is 330 g/mol. The lowest BCUT2D eigenvalue weighted by molar-refractivity contribution is 0.798. The summed E-state index contributed by atoms with van der Waals surface area (Å²) >= 11 is 11.2. The number of benzene rings is 1. The van der Waals surface area contributed by atoms with Gasteiger partial charge in [0.2, 0.25) is 0 Å². The highest BCUT2D eigenvalue weighted by atomic mass is 79.9. The molecule has 0 aliphatic heterocycles. The van der Waals surface area contributed by atoms with Crippen molar-refractivity contribution < 1.29 is 0 Å². The van der Waals surface area contributed by atoms with E-state index < -0.39 is 0 Å². The van der Waals surface area contributed by atoms with E-state index in [0.717, 1.165) is 27.3 Å². The number of nitrogens with zero attached hydrogens (tertiary/aromatic N) is 1. The summed E-state index contributed by atoms with van der Waals surface area (Å²) in [5.41, 5.74) is 2.33. The molecule has 1 nitrogen and oxygen atoms in total. The van der Waals surface area contributed by atoms with Gasteiger partial charge in [0.25, 0.3) is 0 Å². The number of rotatable bonds is 5. The second-order valence-corrected chi connectivity index (χ2v) is 6.21. The van der Waals surface area contributed by atoms with Crippen LogP contribution in [0.2, 0.25) is 5.02 Å². The Bertz CT molecular complexity index is 507. The van der Waals surface area contributed by atoms with E-state index in [0.29, 0.717) is 0 Å². The fourth-order valence-electron chi connectivity index (χ4n) is 1.74. The van der Waals surface area contributed by atoms with Gasteiger partial charge in [0.05, 0.1) is 5.69 Å². The van der Waals surface area contributed by atoms with E-state index in [4.69, 9.17) is 16.6 Å². The molecule has 0 aliphatic rings. The third-order valence-electron chi connectivity index (χ3n) is 2.75. The topological polar surface area (TPSA) is 12.9 Å². The van der Waals surface area contributed by atoms with Gasteiger partial charge in [0.15, 0.2) is 0 Å². The first kappa shape index (κ1) is 14.0. The average Bonchev–Trinajstić information content (AvgIpc) is 2.80. The summed E-state index contributed by atoms with van der Waals surface area (Å²) < 4.78 is 0. The van der Waals surface area contributed by atoms with Crippen LogP contribution in [0, 0.1) is 0 Å². The maximum Gasteiger partial charge on any atom is 0.123 e. The molecule has 0 aliphatic carbocycles. The van der Waals surface area contributed by atoms with Crippen LogP contribution in [-0.4, -0.2) is 4.98 Å². The van der Waals surface area contributed by atoms with Crippen LogP contribution in [-0.2, 0) is 11.8 Å². The Kier molecular flexibility index (Phi) is 5.22. The maximum absolute atomic E-state index is 5.91. The highest BCUT2D eigenvalue weighted by Gasteiger charge is 2.11. The van der Waals surface area contributed by atoms with E-state index in [2.05, 4.69) is 22.9 Å². The zero-order valence-corrected chi connectivity index (χ0v) is 13.4. The van der Waals surface area contributed by atoms with E-state index >= 15 is 0 Å². The van der Waals surface area contributed by atoms with Crippen LogP contribution in [0.4, 0.5) is 0 Å². The molecule has 0 fully saturated rings. The van der Waals surface area contributed by atoms with Crippen molar-refractivity contribution in [3.8, 4) is 10.6 Å². The second-order valence-electron chi connectivity index (χ2n) is 4.13. The molecule has 2 rings (SSSR count). The third kappa shape index (κ3) is 3.34. The molecule has 1 aromatic heterocycles. The zero-order valence-electron chi connectivity index (χ0n) is 10.2. The molecule has 0 bridgehead atoms. The summed E-state index contributed by atoms with van der Waals surface area (Å²) in [7, 11) is 0. The van der Waals surface area contributed by atoms with Crippen molar-refractivity contribution in [1.82, 2.24) is 4.98 Å². The lowest BCUT2D eigenvalue weighted by Gasteiger charge is -1.96. The van der Waals surface area contributed by atoms with Crippen LogP contribution in [0.25, 0.3) is 10.6 Å². The maximum atomic E-state index is 5.91. The number of hydrogen-bond acceptors (Lipinski definition) is 2. The molecule has 1 heterocycles. The number of aromatic nitrogens is 1. The van der Waals surface area contributed by atoms with Gasteiger partial charge in [-0.25, -0.2) is 4.98 Å². The Morgan fingerprint density at radius 1 is 1.28 bits per heavy atom. The minimum Gasteiger partial charge on any atom is -0.240 e. The van der Waals surface area contributed by atoms with Gasteiger partial charge in [0, 0.05) is 20.8 Å². The fraction of sp³-hybridized carbons (Fsp3) is 0.357. The van der Waals surface area contributed by atoms with Crippen molar-refractivity contribution in [3.05, 3.63) is 39.9 Å². The van der Waals surface area contributed by atoms with Crippen molar-refractivity contribution in [3.63, 3.8) is 0 Å². The first-order chi connectivity index (χ1) is 8.74. The minimum atomic E-state index is 0.766. The van der Waals surface area contributed by atoms with Crippen molar-refractivity contribution in [2.75, 3.05) is 0 Å². The van der Waals surface area contributed by atoms with Crippen LogP contribution < -0.4 is 0 Å². The molecule has 0 spiro atoms. The summed E-state index contributed by atoms with van der Waals surface area (Å²) in [6.07, 6.45) is 3.57. The monoisotopic (exact) mass is 343 g/mol. The van der Waals surface area contributed by atoms with E-state index in [1.54, 1.807) is 11.3 Å². The molecule has 0 atom stereocenters. The van der Waals surface area contributed by atoms with Gasteiger partial charge in [-0.2, -0.15) is 0 Å². The molecule has 96 valence electrons. The predicted molar refractivity (Wildman–Crippen MR) is 83.8 cm³/mol. The van der Waals surface area contributed by atoms with Crippen molar-refractivity contribution in [1.29, 1.82) is 0 Å². The molecule has 0 radical (unpaired) electrons. The van der Waals surface area contributed by atoms with Gasteiger partial charge in [0.1, 0.15) is 5.01 Å². The molecule has 0 N–H and O–H groups in total. The van der Waals surface area contributed by atoms with Gasteiger partial charge >= 0.3 is 0 Å². The van der Waals surface area contributed by atoms with Crippen molar-refractivity contribution >= 4 is 38.9 Å². The van der Waals surface area contributed by atoms with Crippen LogP contribution in [0.5, 0.6) is 0 Å². The van der Waals surface area contributed by atoms with Gasteiger partial charge in [-0.3, -0.25) is 0 Å². The summed E-state index contributed by atoms with van der Waals surface area (Å²) in [4.78, 5) is 6.11. The Balaban J connectivity index is 2.28. The highest BCUT2D eigenvalue weighted by molar-refractivity contribution is 9.08. The van der Waals surface area contributed by atoms with Gasteiger partial charge in [-0.1, -0.05) is 53.0 Å². The first-order valence-electron chi connectivity index (χ1n) is 6.05. The lowest BCUT2D eigenvalue weighted by Crippen LogP contribution is -1.86. The van der Waals surface area contributed by atoms with Crippen molar-refractivity contribution in [2.45, 2.75) is 31.5 Å². The Hall–Kier alpha value is -0.380. The number of thiazole rings is 1. The quantitative estimate of drug-likeness (QED) is 0.634. The lowest BCUT2D eigenvalue weighted by atomic mass is 10.2. The molecule has 0 unspecified atom stereocenters. The Morgan fingerprint density at radius 2 is 2.00 bits per heavy atom. The summed E-state index contributed by atoms with van der Waals surface area (Å²) in [6, 6.07) is 7.89. The molecule has 4 heteroatoms. The van der Waals surface area contributed by atoms with Gasteiger partial charge < -0.3 is 0 Å². The predicted octanol–water partition coefficient (Wildman–Crippen LogP) is 5.70. The minimum absolute atomic E-state index is 0.766. The number of unbranched alkanes of at least 4 members (excludes halogenated alkanes) is 1. The largest absolute Gasteiger partial charge is 0.240 e. The molecule has 0 saturated heterocycles. The number of hydrogen-bond donors (Lipinski definition) is 0. The normalized spacial score (nSPS) is 10.8. The molecule has 1 aromatic carbocycles. The van der Waals surface area contributed by atoms with E-state index in [-0.39, 0.29) is 0 Å². The molecule has 0 saturated carbocycles. The third-order valence-corrected chi connectivity index (χ3v) is 4.74. The van der Waals surface area contributed by atoms with Crippen molar-refractivity contribution in [2.24, 2.45) is 0 Å². The summed E-state index contributed by atoms with van der Waals surface area (Å²) in [5, 5.41) is 2.69. The Labute approximate surface area is 125 Å². The smallest absolute Gasteiger partial charge is 0.123 e. The SMILES string of the molecule is CCCCc1sc(-c2ccc(Cl)cc2)nc1CBr.